The van der Waals surface area contributed by atoms with Gasteiger partial charge in [-0.25, -0.2) is 4.79 Å². The number of carbonyl (C=O) groups excluding carboxylic acids is 3. The van der Waals surface area contributed by atoms with Crippen molar-refractivity contribution in [2.24, 2.45) is 5.92 Å². The smallest absolute Gasteiger partial charge is 0.410 e. The second-order valence-corrected chi connectivity index (χ2v) is 7.06. The van der Waals surface area contributed by atoms with E-state index in [1.165, 1.54) is 4.90 Å². The quantitative estimate of drug-likeness (QED) is 0.662. The topological polar surface area (TPSA) is 114 Å². The van der Waals surface area contributed by atoms with E-state index in [1.54, 1.807) is 0 Å². The number of nitrogens with one attached hydrogen (secondary N) is 1. The average molecular weight is 370 g/mol. The zero-order valence-corrected chi connectivity index (χ0v) is 14.7. The lowest BCUT2D eigenvalue weighted by atomic mass is 9.99. The Bertz CT molecular complexity index is 529. The van der Waals surface area contributed by atoms with E-state index in [2.05, 4.69) is 10.1 Å². The molecule has 146 valence electrons. The predicted octanol–water partition coefficient (Wildman–Crippen LogP) is 0.154. The summed E-state index contributed by atoms with van der Waals surface area (Å²) in [6.45, 7) is 1.76. The van der Waals surface area contributed by atoms with Gasteiger partial charge < -0.3 is 29.5 Å². The average Bonchev–Trinajstić information content (AvgIpc) is 3.24. The summed E-state index contributed by atoms with van der Waals surface area (Å²) in [6, 6.07) is -0.817. The lowest BCUT2D eigenvalue weighted by Gasteiger charge is -2.29. The molecule has 0 aromatic rings. The van der Waals surface area contributed by atoms with E-state index in [4.69, 9.17) is 9.47 Å². The molecule has 3 atom stereocenters. The van der Waals surface area contributed by atoms with E-state index in [1.807, 2.05) is 0 Å². The molecule has 0 spiro atoms. The molecule has 3 fully saturated rings. The monoisotopic (exact) mass is 370 g/mol. The molecule has 2 aliphatic heterocycles. The summed E-state index contributed by atoms with van der Waals surface area (Å²) in [6.07, 6.45) is 1.73. The van der Waals surface area contributed by atoms with Gasteiger partial charge in [0.2, 0.25) is 6.29 Å². The van der Waals surface area contributed by atoms with Crippen molar-refractivity contribution in [3.8, 4) is 0 Å². The standard InChI is InChI=1S/C17H26N2O7/c20-14-10-12(16(22)26-14)18-15(21)13(9-11-3-1-2-4-11)25-17(23)19-5-7-24-8-6-19/h11-13,16,22H,1-10H2,(H,18,21)/t12-,13-,16?/m0/s1. The van der Waals surface area contributed by atoms with Crippen molar-refractivity contribution in [3.63, 3.8) is 0 Å². The third kappa shape index (κ3) is 4.85. The predicted molar refractivity (Wildman–Crippen MR) is 87.9 cm³/mol. The first-order valence-corrected chi connectivity index (χ1v) is 9.24. The third-order valence-corrected chi connectivity index (χ3v) is 5.14. The molecule has 2 amide bonds. The van der Waals surface area contributed by atoms with Crippen molar-refractivity contribution < 1.29 is 33.7 Å². The van der Waals surface area contributed by atoms with Crippen LogP contribution in [-0.2, 0) is 23.8 Å². The molecule has 0 aromatic carbocycles. The molecule has 3 rings (SSSR count). The Morgan fingerprint density at radius 1 is 1.27 bits per heavy atom. The zero-order chi connectivity index (χ0) is 18.5. The van der Waals surface area contributed by atoms with Gasteiger partial charge in [0.25, 0.3) is 5.91 Å². The maximum absolute atomic E-state index is 12.6. The summed E-state index contributed by atoms with van der Waals surface area (Å²) in [4.78, 5) is 37.8. The number of ether oxygens (including phenoxy) is 3. The third-order valence-electron chi connectivity index (χ3n) is 5.14. The molecular weight excluding hydrogens is 344 g/mol. The number of carbonyl (C=O) groups is 3. The summed E-state index contributed by atoms with van der Waals surface area (Å²) in [5.41, 5.74) is 0. The van der Waals surface area contributed by atoms with Gasteiger partial charge in [-0.05, 0) is 12.3 Å². The van der Waals surface area contributed by atoms with Crippen LogP contribution in [0.5, 0.6) is 0 Å². The first kappa shape index (κ1) is 18.9. The van der Waals surface area contributed by atoms with Gasteiger partial charge in [-0.3, -0.25) is 9.59 Å². The van der Waals surface area contributed by atoms with E-state index >= 15 is 0 Å². The number of hydrogen-bond acceptors (Lipinski definition) is 7. The van der Waals surface area contributed by atoms with Crippen LogP contribution in [0.2, 0.25) is 0 Å². The molecule has 2 N–H and O–H groups in total. The molecule has 1 unspecified atom stereocenters. The van der Waals surface area contributed by atoms with E-state index in [0.29, 0.717) is 38.6 Å². The van der Waals surface area contributed by atoms with Crippen LogP contribution in [0, 0.1) is 5.92 Å². The van der Waals surface area contributed by atoms with Gasteiger partial charge in [0, 0.05) is 13.1 Å². The van der Waals surface area contributed by atoms with Gasteiger partial charge in [-0.15, -0.1) is 0 Å². The summed E-state index contributed by atoms with van der Waals surface area (Å²) in [7, 11) is 0. The van der Waals surface area contributed by atoms with Crippen molar-refractivity contribution in [1.82, 2.24) is 10.2 Å². The number of aliphatic hydroxyl groups is 1. The Labute approximate surface area is 151 Å². The van der Waals surface area contributed by atoms with Crippen molar-refractivity contribution >= 4 is 18.0 Å². The van der Waals surface area contributed by atoms with Crippen LogP contribution in [0.25, 0.3) is 0 Å². The molecule has 9 nitrogen and oxygen atoms in total. The normalized spacial score (nSPS) is 27.9. The Kier molecular flexibility index (Phi) is 6.31. The van der Waals surface area contributed by atoms with Crippen LogP contribution in [0.15, 0.2) is 0 Å². The summed E-state index contributed by atoms with van der Waals surface area (Å²) < 4.78 is 15.4. The summed E-state index contributed by atoms with van der Waals surface area (Å²) in [5, 5.41) is 12.3. The second-order valence-electron chi connectivity index (χ2n) is 7.06. The van der Waals surface area contributed by atoms with Crippen LogP contribution in [0.4, 0.5) is 4.79 Å². The highest BCUT2D eigenvalue weighted by Gasteiger charge is 2.37. The van der Waals surface area contributed by atoms with Gasteiger partial charge in [0.05, 0.1) is 19.6 Å². The Morgan fingerprint density at radius 3 is 2.58 bits per heavy atom. The molecule has 1 aliphatic carbocycles. The molecule has 0 aromatic heterocycles. The van der Waals surface area contributed by atoms with Gasteiger partial charge >= 0.3 is 12.1 Å². The second kappa shape index (κ2) is 8.68. The molecule has 3 aliphatic rings. The highest BCUT2D eigenvalue weighted by atomic mass is 16.6. The number of aliphatic hydroxyl groups excluding tert-OH is 1. The number of hydrogen-bond donors (Lipinski definition) is 2. The largest absolute Gasteiger partial charge is 0.436 e. The summed E-state index contributed by atoms with van der Waals surface area (Å²) in [5.74, 6) is -0.740. The van der Waals surface area contributed by atoms with E-state index < -0.39 is 36.4 Å². The number of rotatable bonds is 5. The zero-order valence-electron chi connectivity index (χ0n) is 14.7. The first-order valence-electron chi connectivity index (χ1n) is 9.24. The molecule has 2 heterocycles. The number of morpholine rings is 1. The maximum Gasteiger partial charge on any atom is 0.410 e. The Hall–Kier alpha value is -1.87. The summed E-state index contributed by atoms with van der Waals surface area (Å²) >= 11 is 0. The number of esters is 1. The van der Waals surface area contributed by atoms with Crippen LogP contribution < -0.4 is 5.32 Å². The van der Waals surface area contributed by atoms with Crippen LogP contribution in [0.1, 0.15) is 38.5 Å². The molecule has 1 saturated carbocycles. The van der Waals surface area contributed by atoms with Crippen LogP contribution in [0.3, 0.4) is 0 Å². The fourth-order valence-electron chi connectivity index (χ4n) is 3.64. The van der Waals surface area contributed by atoms with Crippen LogP contribution in [-0.4, -0.2) is 72.7 Å². The van der Waals surface area contributed by atoms with E-state index in [0.717, 1.165) is 25.7 Å². The fraction of sp³-hybridized carbons (Fsp3) is 0.824. The Balaban J connectivity index is 1.60. The van der Waals surface area contributed by atoms with Crippen molar-refractivity contribution in [1.29, 1.82) is 0 Å². The Morgan fingerprint density at radius 2 is 1.96 bits per heavy atom. The van der Waals surface area contributed by atoms with Gasteiger partial charge in [0.1, 0.15) is 6.04 Å². The number of cyclic esters (lactones) is 1. The minimum Gasteiger partial charge on any atom is -0.436 e. The lowest BCUT2D eigenvalue weighted by Crippen LogP contribution is -2.49. The number of nitrogens with zero attached hydrogens (tertiary/aromatic N) is 1. The highest BCUT2D eigenvalue weighted by Crippen LogP contribution is 2.29. The van der Waals surface area contributed by atoms with Gasteiger partial charge in [-0.1, -0.05) is 25.7 Å². The minimum atomic E-state index is -1.37. The van der Waals surface area contributed by atoms with E-state index in [-0.39, 0.29) is 6.42 Å². The van der Waals surface area contributed by atoms with Gasteiger partial charge in [-0.2, -0.15) is 0 Å². The fourth-order valence-corrected chi connectivity index (χ4v) is 3.64. The molecule has 2 saturated heterocycles. The molecule has 0 radical (unpaired) electrons. The first-order chi connectivity index (χ1) is 12.5. The number of amides is 2. The SMILES string of the molecule is O=C1C[C@H](NC(=O)[C@H](CC2CCCC2)OC(=O)N2CCOCC2)C(O)O1. The van der Waals surface area contributed by atoms with Crippen LogP contribution >= 0.6 is 0 Å². The maximum atomic E-state index is 12.6. The highest BCUT2D eigenvalue weighted by molar-refractivity contribution is 5.84. The molecular formula is C17H26N2O7. The van der Waals surface area contributed by atoms with Crippen molar-refractivity contribution in [3.05, 3.63) is 0 Å². The lowest BCUT2D eigenvalue weighted by molar-refractivity contribution is -0.155. The van der Waals surface area contributed by atoms with E-state index in [9.17, 15) is 19.5 Å². The van der Waals surface area contributed by atoms with Crippen molar-refractivity contribution in [2.75, 3.05) is 26.3 Å². The molecule has 26 heavy (non-hydrogen) atoms. The molecule has 0 bridgehead atoms. The van der Waals surface area contributed by atoms with Crippen molar-refractivity contribution in [2.45, 2.75) is 57.0 Å². The minimum absolute atomic E-state index is 0.0968. The van der Waals surface area contributed by atoms with Gasteiger partial charge in [0.15, 0.2) is 6.10 Å². The molecule has 9 heteroatoms.